The van der Waals surface area contributed by atoms with E-state index in [1.165, 1.54) is 18.1 Å². The summed E-state index contributed by atoms with van der Waals surface area (Å²) in [6, 6.07) is 3.74. The van der Waals surface area contributed by atoms with Gasteiger partial charge < -0.3 is 4.74 Å². The third-order valence-corrected chi connectivity index (χ3v) is 3.50. The molecule has 2 heterocycles. The van der Waals surface area contributed by atoms with E-state index in [9.17, 15) is 4.79 Å². The number of carbonyl (C=O) groups excluding carboxylic acids is 1. The van der Waals surface area contributed by atoms with E-state index in [1.807, 2.05) is 24.5 Å². The highest BCUT2D eigenvalue weighted by atomic mass is 32.2. The zero-order chi connectivity index (χ0) is 14.9. The fourth-order valence-electron chi connectivity index (χ4n) is 1.67. The Kier molecular flexibility index (Phi) is 6.14. The van der Waals surface area contributed by atoms with Crippen molar-refractivity contribution in [2.24, 2.45) is 0 Å². The van der Waals surface area contributed by atoms with Gasteiger partial charge in [0, 0.05) is 24.3 Å². The van der Waals surface area contributed by atoms with Crippen molar-refractivity contribution in [2.45, 2.75) is 26.4 Å². The number of hydrogen-bond donors (Lipinski definition) is 0. The summed E-state index contributed by atoms with van der Waals surface area (Å²) in [5, 5.41) is 10.8. The Labute approximate surface area is 127 Å². The molecule has 112 valence electrons. The number of carbonyl (C=O) groups is 1. The average molecular weight is 308 g/mol. The molecule has 0 aromatic carbocycles. The summed E-state index contributed by atoms with van der Waals surface area (Å²) < 4.78 is 9.12. The SMILES string of the molecule is CCC[n+]1ccc(OCC(=O)SCCn2cnnn2)cc1. The predicted molar refractivity (Wildman–Crippen MR) is 77.7 cm³/mol. The Morgan fingerprint density at radius 2 is 2.24 bits per heavy atom. The Morgan fingerprint density at radius 1 is 1.43 bits per heavy atom. The van der Waals surface area contributed by atoms with Crippen LogP contribution in [0.3, 0.4) is 0 Å². The molecular weight excluding hydrogens is 290 g/mol. The van der Waals surface area contributed by atoms with Gasteiger partial charge >= 0.3 is 0 Å². The third-order valence-electron chi connectivity index (χ3n) is 2.67. The number of tetrazole rings is 1. The molecule has 0 aliphatic heterocycles. The summed E-state index contributed by atoms with van der Waals surface area (Å²) in [6.07, 6.45) is 6.51. The van der Waals surface area contributed by atoms with Crippen molar-refractivity contribution in [1.82, 2.24) is 20.2 Å². The van der Waals surface area contributed by atoms with Crippen molar-refractivity contribution in [3.8, 4) is 5.75 Å². The molecule has 7 nitrogen and oxygen atoms in total. The van der Waals surface area contributed by atoms with Crippen LogP contribution in [0.25, 0.3) is 0 Å². The summed E-state index contributed by atoms with van der Waals surface area (Å²) in [4.78, 5) is 11.7. The summed E-state index contributed by atoms with van der Waals surface area (Å²) >= 11 is 1.22. The first-order valence-electron chi connectivity index (χ1n) is 6.76. The molecule has 0 unspecified atom stereocenters. The first kappa shape index (κ1) is 15.4. The summed E-state index contributed by atoms with van der Waals surface area (Å²) in [5.74, 6) is 1.33. The van der Waals surface area contributed by atoms with Crippen molar-refractivity contribution in [2.75, 3.05) is 12.4 Å². The van der Waals surface area contributed by atoms with E-state index in [1.54, 1.807) is 4.68 Å². The fraction of sp³-hybridized carbons (Fsp3) is 0.462. The molecule has 2 aromatic rings. The number of thioether (sulfide) groups is 1. The summed E-state index contributed by atoms with van der Waals surface area (Å²) in [5.41, 5.74) is 0. The third kappa shape index (κ3) is 5.50. The van der Waals surface area contributed by atoms with Crippen LogP contribution in [0.1, 0.15) is 13.3 Å². The molecule has 0 fully saturated rings. The molecule has 0 saturated carbocycles. The van der Waals surface area contributed by atoms with Crippen LogP contribution in [0.15, 0.2) is 30.9 Å². The van der Waals surface area contributed by atoms with Gasteiger partial charge in [0.05, 0.1) is 6.54 Å². The van der Waals surface area contributed by atoms with Crippen LogP contribution in [0.2, 0.25) is 0 Å². The van der Waals surface area contributed by atoms with Crippen LogP contribution < -0.4 is 9.30 Å². The molecular formula is C13H18N5O2S+. The van der Waals surface area contributed by atoms with E-state index in [0.717, 1.165) is 13.0 Å². The Bertz CT molecular complexity index is 544. The molecule has 0 atom stereocenters. The standard InChI is InChI=1S/C13H18N5O2S/c1-2-5-17-6-3-12(4-7-17)20-10-13(19)21-9-8-18-11-14-15-16-18/h3-4,6-7,11H,2,5,8-10H2,1H3/q+1. The Balaban J connectivity index is 1.66. The van der Waals surface area contributed by atoms with E-state index in [4.69, 9.17) is 4.74 Å². The number of nitrogens with zero attached hydrogens (tertiary/aromatic N) is 5. The van der Waals surface area contributed by atoms with Gasteiger partial charge in [-0.2, -0.15) is 0 Å². The quantitative estimate of drug-likeness (QED) is 0.669. The van der Waals surface area contributed by atoms with Gasteiger partial charge in [-0.1, -0.05) is 18.7 Å². The number of hydrogen-bond acceptors (Lipinski definition) is 6. The zero-order valence-electron chi connectivity index (χ0n) is 11.9. The van der Waals surface area contributed by atoms with Crippen molar-refractivity contribution in [1.29, 1.82) is 0 Å². The number of pyridine rings is 1. The van der Waals surface area contributed by atoms with E-state index in [2.05, 4.69) is 27.0 Å². The topological polar surface area (TPSA) is 73.8 Å². The predicted octanol–water partition coefficient (Wildman–Crippen LogP) is 0.709. The first-order valence-corrected chi connectivity index (χ1v) is 7.75. The van der Waals surface area contributed by atoms with E-state index < -0.39 is 0 Å². The van der Waals surface area contributed by atoms with Crippen molar-refractivity contribution in [3.63, 3.8) is 0 Å². The van der Waals surface area contributed by atoms with Gasteiger partial charge in [0.2, 0.25) is 5.12 Å². The van der Waals surface area contributed by atoms with Gasteiger partial charge in [0.1, 0.15) is 18.6 Å². The molecule has 0 aliphatic rings. The molecule has 0 N–H and O–H groups in total. The minimum Gasteiger partial charge on any atom is -0.484 e. The molecule has 2 rings (SSSR count). The lowest BCUT2D eigenvalue weighted by molar-refractivity contribution is -0.697. The van der Waals surface area contributed by atoms with Gasteiger partial charge in [-0.25, -0.2) is 9.25 Å². The lowest BCUT2D eigenvalue weighted by Crippen LogP contribution is -2.31. The van der Waals surface area contributed by atoms with E-state index in [-0.39, 0.29) is 11.7 Å². The number of ether oxygens (including phenoxy) is 1. The second-order valence-electron chi connectivity index (χ2n) is 4.35. The number of rotatable bonds is 8. The lowest BCUT2D eigenvalue weighted by Gasteiger charge is -2.04. The minimum absolute atomic E-state index is 0.00615. The fourth-order valence-corrected chi connectivity index (χ4v) is 2.32. The zero-order valence-corrected chi connectivity index (χ0v) is 12.7. The molecule has 0 aliphatic carbocycles. The molecule has 2 aromatic heterocycles. The highest BCUT2D eigenvalue weighted by Crippen LogP contribution is 2.09. The smallest absolute Gasteiger partial charge is 0.226 e. The van der Waals surface area contributed by atoms with Gasteiger partial charge in [-0.05, 0) is 10.4 Å². The maximum atomic E-state index is 11.7. The minimum atomic E-state index is -0.00615. The van der Waals surface area contributed by atoms with Crippen LogP contribution in [0.4, 0.5) is 0 Å². The van der Waals surface area contributed by atoms with Gasteiger partial charge in [0.25, 0.3) is 0 Å². The van der Waals surface area contributed by atoms with Crippen molar-refractivity contribution in [3.05, 3.63) is 30.9 Å². The first-order chi connectivity index (χ1) is 10.3. The van der Waals surface area contributed by atoms with Crippen molar-refractivity contribution < 1.29 is 14.1 Å². The molecule has 0 spiro atoms. The normalized spacial score (nSPS) is 10.5. The van der Waals surface area contributed by atoms with Crippen molar-refractivity contribution >= 4 is 16.9 Å². The molecule has 8 heteroatoms. The second-order valence-corrected chi connectivity index (χ2v) is 5.51. The highest BCUT2D eigenvalue weighted by Gasteiger charge is 2.06. The molecule has 0 saturated heterocycles. The monoisotopic (exact) mass is 308 g/mol. The van der Waals surface area contributed by atoms with Gasteiger partial charge in [-0.3, -0.25) is 4.79 Å². The average Bonchev–Trinajstić information content (AvgIpc) is 3.00. The number of aromatic nitrogens is 5. The Morgan fingerprint density at radius 3 is 2.90 bits per heavy atom. The maximum Gasteiger partial charge on any atom is 0.226 e. The van der Waals surface area contributed by atoms with Crippen LogP contribution in [-0.4, -0.2) is 37.7 Å². The van der Waals surface area contributed by atoms with Crippen LogP contribution in [-0.2, 0) is 17.9 Å². The highest BCUT2D eigenvalue weighted by molar-refractivity contribution is 8.13. The number of aryl methyl sites for hydroxylation is 2. The van der Waals surface area contributed by atoms with Gasteiger partial charge in [-0.15, -0.1) is 5.10 Å². The molecule has 21 heavy (non-hydrogen) atoms. The van der Waals surface area contributed by atoms with E-state index in [0.29, 0.717) is 18.0 Å². The van der Waals surface area contributed by atoms with Crippen LogP contribution in [0.5, 0.6) is 5.75 Å². The largest absolute Gasteiger partial charge is 0.484 e. The lowest BCUT2D eigenvalue weighted by atomic mass is 10.4. The maximum absolute atomic E-state index is 11.7. The second kappa shape index (κ2) is 8.35. The summed E-state index contributed by atoms with van der Waals surface area (Å²) in [6.45, 7) is 3.78. The molecule has 0 radical (unpaired) electrons. The van der Waals surface area contributed by atoms with Crippen LogP contribution >= 0.6 is 11.8 Å². The van der Waals surface area contributed by atoms with E-state index >= 15 is 0 Å². The molecule has 0 amide bonds. The van der Waals surface area contributed by atoms with Gasteiger partial charge in [0.15, 0.2) is 19.0 Å². The Hall–Kier alpha value is -1.96. The summed E-state index contributed by atoms with van der Waals surface area (Å²) in [7, 11) is 0. The van der Waals surface area contributed by atoms with Crippen LogP contribution in [0, 0.1) is 0 Å². The molecule has 0 bridgehead atoms.